The predicted octanol–water partition coefficient (Wildman–Crippen LogP) is 4.21. The van der Waals surface area contributed by atoms with Gasteiger partial charge >= 0.3 is 0 Å². The van der Waals surface area contributed by atoms with E-state index in [-0.39, 0.29) is 6.10 Å². The predicted molar refractivity (Wildman–Crippen MR) is 77.5 cm³/mol. The van der Waals surface area contributed by atoms with E-state index in [2.05, 4.69) is 18.2 Å². The molecule has 0 N–H and O–H groups in total. The second-order valence-corrected chi connectivity index (χ2v) is 4.22. The average molecular weight is 256 g/mol. The molecule has 2 nitrogen and oxygen atoms in total. The summed E-state index contributed by atoms with van der Waals surface area (Å²) < 4.78 is 11.6. The van der Waals surface area contributed by atoms with Crippen LogP contribution in [-0.4, -0.2) is 13.2 Å². The summed E-state index contributed by atoms with van der Waals surface area (Å²) in [5.41, 5.74) is 2.23. The third-order valence-corrected chi connectivity index (χ3v) is 2.94. The smallest absolute Gasteiger partial charge is 0.125 e. The molecule has 0 radical (unpaired) electrons. The summed E-state index contributed by atoms with van der Waals surface area (Å²) in [6.07, 6.45) is -0.0750. The minimum atomic E-state index is -0.0750. The van der Waals surface area contributed by atoms with Crippen LogP contribution in [0.15, 0.2) is 54.6 Å². The number of rotatable bonds is 6. The van der Waals surface area contributed by atoms with Gasteiger partial charge < -0.3 is 9.47 Å². The molecule has 0 aromatic heterocycles. The SMILES string of the molecule is CCOc1ccccc1C(OCC)c1ccccc1. The molecule has 100 valence electrons. The normalized spacial score (nSPS) is 12.1. The minimum absolute atomic E-state index is 0.0750. The molecule has 0 saturated carbocycles. The van der Waals surface area contributed by atoms with Crippen LogP contribution >= 0.6 is 0 Å². The molecule has 2 aromatic rings. The number of hydrogen-bond acceptors (Lipinski definition) is 2. The molecule has 0 heterocycles. The van der Waals surface area contributed by atoms with Gasteiger partial charge in [-0.2, -0.15) is 0 Å². The maximum Gasteiger partial charge on any atom is 0.125 e. The van der Waals surface area contributed by atoms with Gasteiger partial charge in [-0.05, 0) is 25.5 Å². The summed E-state index contributed by atoms with van der Waals surface area (Å²) in [5.74, 6) is 0.896. The monoisotopic (exact) mass is 256 g/mol. The topological polar surface area (TPSA) is 18.5 Å². The first-order valence-corrected chi connectivity index (χ1v) is 6.75. The molecule has 0 spiro atoms. The van der Waals surface area contributed by atoms with E-state index in [0.29, 0.717) is 13.2 Å². The van der Waals surface area contributed by atoms with Gasteiger partial charge in [-0.1, -0.05) is 48.5 Å². The van der Waals surface area contributed by atoms with Crippen molar-refractivity contribution in [1.29, 1.82) is 0 Å². The molecular formula is C17H20O2. The molecule has 0 aliphatic heterocycles. The first-order valence-electron chi connectivity index (χ1n) is 6.75. The number of hydrogen-bond donors (Lipinski definition) is 0. The van der Waals surface area contributed by atoms with Gasteiger partial charge in [0.1, 0.15) is 11.9 Å². The quantitative estimate of drug-likeness (QED) is 0.770. The molecule has 1 unspecified atom stereocenters. The number of benzene rings is 2. The first-order chi connectivity index (χ1) is 9.36. The Kier molecular flexibility index (Phi) is 4.99. The molecule has 0 saturated heterocycles. The number of ether oxygens (including phenoxy) is 2. The van der Waals surface area contributed by atoms with Crippen molar-refractivity contribution in [2.24, 2.45) is 0 Å². The zero-order valence-corrected chi connectivity index (χ0v) is 11.5. The Morgan fingerprint density at radius 3 is 2.21 bits per heavy atom. The van der Waals surface area contributed by atoms with Gasteiger partial charge in [0.15, 0.2) is 0 Å². The van der Waals surface area contributed by atoms with Crippen LogP contribution in [0.4, 0.5) is 0 Å². The maximum atomic E-state index is 5.92. The zero-order valence-electron chi connectivity index (χ0n) is 11.5. The Labute approximate surface area is 115 Å². The molecule has 0 amide bonds. The van der Waals surface area contributed by atoms with Crippen LogP contribution in [0.25, 0.3) is 0 Å². The Balaban J connectivity index is 2.39. The Morgan fingerprint density at radius 1 is 0.842 bits per heavy atom. The van der Waals surface area contributed by atoms with Gasteiger partial charge in [-0.3, -0.25) is 0 Å². The van der Waals surface area contributed by atoms with Crippen LogP contribution < -0.4 is 4.74 Å². The van der Waals surface area contributed by atoms with Crippen molar-refractivity contribution < 1.29 is 9.47 Å². The van der Waals surface area contributed by atoms with Gasteiger partial charge in [0.05, 0.1) is 6.61 Å². The average Bonchev–Trinajstić information content (AvgIpc) is 2.47. The summed E-state index contributed by atoms with van der Waals surface area (Å²) in [6, 6.07) is 18.3. The highest BCUT2D eigenvalue weighted by Gasteiger charge is 2.17. The summed E-state index contributed by atoms with van der Waals surface area (Å²) in [5, 5.41) is 0. The van der Waals surface area contributed by atoms with E-state index in [0.717, 1.165) is 16.9 Å². The standard InChI is InChI=1S/C17H20O2/c1-3-18-16-13-9-8-12-15(16)17(19-4-2)14-10-6-5-7-11-14/h5-13,17H,3-4H2,1-2H3. The third-order valence-electron chi connectivity index (χ3n) is 2.94. The van der Waals surface area contributed by atoms with Crippen molar-refractivity contribution in [1.82, 2.24) is 0 Å². The van der Waals surface area contributed by atoms with E-state index in [4.69, 9.17) is 9.47 Å². The summed E-state index contributed by atoms with van der Waals surface area (Å²) in [4.78, 5) is 0. The van der Waals surface area contributed by atoms with Gasteiger partial charge in [-0.15, -0.1) is 0 Å². The lowest BCUT2D eigenvalue weighted by atomic mass is 10.0. The largest absolute Gasteiger partial charge is 0.493 e. The molecule has 19 heavy (non-hydrogen) atoms. The highest BCUT2D eigenvalue weighted by atomic mass is 16.5. The number of para-hydroxylation sites is 1. The molecule has 0 fully saturated rings. The van der Waals surface area contributed by atoms with Crippen LogP contribution in [0.3, 0.4) is 0 Å². The minimum Gasteiger partial charge on any atom is -0.493 e. The molecule has 0 aliphatic carbocycles. The van der Waals surface area contributed by atoms with Crippen molar-refractivity contribution in [2.45, 2.75) is 20.0 Å². The third kappa shape index (κ3) is 3.36. The lowest BCUT2D eigenvalue weighted by Crippen LogP contribution is -2.08. The Hall–Kier alpha value is -1.80. The van der Waals surface area contributed by atoms with E-state index in [1.807, 2.05) is 50.2 Å². The van der Waals surface area contributed by atoms with Crippen LogP contribution in [0.2, 0.25) is 0 Å². The van der Waals surface area contributed by atoms with E-state index < -0.39 is 0 Å². The summed E-state index contributed by atoms with van der Waals surface area (Å²) >= 11 is 0. The second-order valence-electron chi connectivity index (χ2n) is 4.22. The van der Waals surface area contributed by atoms with Gasteiger partial charge in [0.25, 0.3) is 0 Å². The summed E-state index contributed by atoms with van der Waals surface area (Å²) in [6.45, 7) is 5.33. The lowest BCUT2D eigenvalue weighted by molar-refractivity contribution is 0.0889. The van der Waals surface area contributed by atoms with Crippen LogP contribution in [0.5, 0.6) is 5.75 Å². The Bertz CT molecular complexity index is 494. The maximum absolute atomic E-state index is 5.92. The van der Waals surface area contributed by atoms with E-state index in [1.54, 1.807) is 0 Å². The van der Waals surface area contributed by atoms with Crippen molar-refractivity contribution in [3.63, 3.8) is 0 Å². The molecule has 2 rings (SSSR count). The van der Waals surface area contributed by atoms with Crippen LogP contribution in [-0.2, 0) is 4.74 Å². The van der Waals surface area contributed by atoms with Crippen molar-refractivity contribution >= 4 is 0 Å². The van der Waals surface area contributed by atoms with Crippen LogP contribution in [0, 0.1) is 0 Å². The van der Waals surface area contributed by atoms with Gasteiger partial charge in [0, 0.05) is 12.2 Å². The van der Waals surface area contributed by atoms with Crippen LogP contribution in [0.1, 0.15) is 31.1 Å². The summed E-state index contributed by atoms with van der Waals surface area (Å²) in [7, 11) is 0. The lowest BCUT2D eigenvalue weighted by Gasteiger charge is -2.20. The highest BCUT2D eigenvalue weighted by molar-refractivity contribution is 5.40. The molecule has 0 aliphatic rings. The fourth-order valence-corrected chi connectivity index (χ4v) is 2.14. The fourth-order valence-electron chi connectivity index (χ4n) is 2.14. The van der Waals surface area contributed by atoms with Gasteiger partial charge in [-0.25, -0.2) is 0 Å². The van der Waals surface area contributed by atoms with Gasteiger partial charge in [0.2, 0.25) is 0 Å². The Morgan fingerprint density at radius 2 is 1.53 bits per heavy atom. The van der Waals surface area contributed by atoms with E-state index in [1.165, 1.54) is 0 Å². The highest BCUT2D eigenvalue weighted by Crippen LogP contribution is 2.32. The van der Waals surface area contributed by atoms with Crippen molar-refractivity contribution in [3.05, 3.63) is 65.7 Å². The molecular weight excluding hydrogens is 236 g/mol. The fraction of sp³-hybridized carbons (Fsp3) is 0.294. The molecule has 2 aromatic carbocycles. The molecule has 2 heteroatoms. The van der Waals surface area contributed by atoms with E-state index >= 15 is 0 Å². The van der Waals surface area contributed by atoms with Crippen molar-refractivity contribution in [2.75, 3.05) is 13.2 Å². The second kappa shape index (κ2) is 6.95. The van der Waals surface area contributed by atoms with Crippen molar-refractivity contribution in [3.8, 4) is 5.75 Å². The zero-order chi connectivity index (χ0) is 13.5. The first kappa shape index (κ1) is 13.6. The molecule has 1 atom stereocenters. The molecule has 0 bridgehead atoms. The van der Waals surface area contributed by atoms with E-state index in [9.17, 15) is 0 Å².